The van der Waals surface area contributed by atoms with Gasteiger partial charge >= 0.3 is 0 Å². The molecule has 3 aliphatic heterocycles. The highest BCUT2D eigenvalue weighted by Crippen LogP contribution is 2.25. The van der Waals surface area contributed by atoms with Crippen LogP contribution in [0.25, 0.3) is 0 Å². The van der Waals surface area contributed by atoms with Crippen molar-refractivity contribution in [2.75, 3.05) is 45.9 Å². The molecule has 0 bridgehead atoms. The number of carbonyl (C=O) groups is 2. The summed E-state index contributed by atoms with van der Waals surface area (Å²) in [6.45, 7) is 8.41. The third-order valence-corrected chi connectivity index (χ3v) is 6.21. The van der Waals surface area contributed by atoms with Gasteiger partial charge < -0.3 is 19.4 Å². The Morgan fingerprint density at radius 1 is 1.19 bits per heavy atom. The molecule has 0 spiro atoms. The molecule has 2 amide bonds. The van der Waals surface area contributed by atoms with Crippen LogP contribution in [-0.2, 0) is 22.6 Å². The quantitative estimate of drug-likeness (QED) is 0.819. The highest BCUT2D eigenvalue weighted by atomic mass is 16.5. The molecular weight excluding hydrogens is 342 g/mol. The van der Waals surface area contributed by atoms with Crippen molar-refractivity contribution < 1.29 is 19.2 Å². The van der Waals surface area contributed by atoms with Crippen LogP contribution in [0.1, 0.15) is 30.9 Å². The van der Waals surface area contributed by atoms with Crippen LogP contribution in [-0.4, -0.2) is 67.5 Å². The fraction of sp³-hybridized carbons (Fsp3) is 0.619. The minimum atomic E-state index is -0.0130. The van der Waals surface area contributed by atoms with Crippen LogP contribution in [0.3, 0.4) is 0 Å². The molecule has 1 aromatic carbocycles. The van der Waals surface area contributed by atoms with E-state index in [0.29, 0.717) is 6.54 Å². The number of ether oxygens (including phenoxy) is 1. The summed E-state index contributed by atoms with van der Waals surface area (Å²) in [5, 5.41) is 0. The number of benzene rings is 1. The van der Waals surface area contributed by atoms with Crippen molar-refractivity contribution in [1.29, 1.82) is 0 Å². The summed E-state index contributed by atoms with van der Waals surface area (Å²) in [4.78, 5) is 29.9. The maximum absolute atomic E-state index is 12.9. The zero-order chi connectivity index (χ0) is 18.8. The number of nitrogens with zero attached hydrogens (tertiary/aromatic N) is 2. The van der Waals surface area contributed by atoms with Crippen molar-refractivity contribution in [3.05, 3.63) is 29.3 Å². The highest BCUT2D eigenvalue weighted by Gasteiger charge is 2.32. The number of hydrogen-bond donors (Lipinski definition) is 1. The molecule has 146 valence electrons. The maximum atomic E-state index is 12.9. The molecule has 4 rings (SSSR count). The van der Waals surface area contributed by atoms with Crippen LogP contribution in [0.5, 0.6) is 5.75 Å². The zero-order valence-corrected chi connectivity index (χ0v) is 16.2. The Morgan fingerprint density at radius 3 is 2.78 bits per heavy atom. The van der Waals surface area contributed by atoms with Crippen LogP contribution in [0.2, 0.25) is 0 Å². The van der Waals surface area contributed by atoms with Crippen LogP contribution in [0.15, 0.2) is 18.2 Å². The second-order valence-electron chi connectivity index (χ2n) is 8.10. The van der Waals surface area contributed by atoms with Crippen LogP contribution in [0.4, 0.5) is 0 Å². The standard InChI is InChI=1S/C21H29N3O3/c1-16(25)24-7-2-3-19(15-24)21(26)23-10-8-22(9-11-23)14-17-4-5-20-18(13-17)6-12-27-20/h4-5,13,19H,2-3,6-12,14-15H2,1H3/p+1/t19-/m0/s1. The Balaban J connectivity index is 1.28. The largest absolute Gasteiger partial charge is 0.493 e. The zero-order valence-electron chi connectivity index (χ0n) is 16.2. The number of piperazine rings is 1. The maximum Gasteiger partial charge on any atom is 0.227 e. The van der Waals surface area contributed by atoms with Gasteiger partial charge in [-0.3, -0.25) is 9.59 Å². The highest BCUT2D eigenvalue weighted by molar-refractivity contribution is 5.80. The number of nitrogens with one attached hydrogen (secondary N) is 1. The van der Waals surface area contributed by atoms with E-state index < -0.39 is 0 Å². The number of fused-ring (bicyclic) bond motifs is 1. The lowest BCUT2D eigenvalue weighted by atomic mass is 9.96. The average molecular weight is 372 g/mol. The van der Waals surface area contributed by atoms with Gasteiger partial charge in [0.15, 0.2) is 0 Å². The van der Waals surface area contributed by atoms with Gasteiger partial charge in [-0.25, -0.2) is 0 Å². The molecule has 0 saturated carbocycles. The predicted molar refractivity (Wildman–Crippen MR) is 102 cm³/mol. The second-order valence-corrected chi connectivity index (χ2v) is 8.10. The summed E-state index contributed by atoms with van der Waals surface area (Å²) >= 11 is 0. The third-order valence-electron chi connectivity index (χ3n) is 6.21. The van der Waals surface area contributed by atoms with Gasteiger partial charge in [0, 0.05) is 32.0 Å². The third kappa shape index (κ3) is 4.10. The van der Waals surface area contributed by atoms with E-state index in [0.717, 1.165) is 70.9 Å². The lowest BCUT2D eigenvalue weighted by Gasteiger charge is -2.37. The first kappa shape index (κ1) is 18.3. The number of amides is 2. The topological polar surface area (TPSA) is 54.3 Å². The molecule has 2 saturated heterocycles. The van der Waals surface area contributed by atoms with Gasteiger partial charge in [0.1, 0.15) is 12.3 Å². The fourth-order valence-electron chi connectivity index (χ4n) is 4.58. The van der Waals surface area contributed by atoms with Crippen molar-refractivity contribution in [2.24, 2.45) is 5.92 Å². The molecular formula is C21H30N3O3+. The Labute approximate surface area is 161 Å². The molecule has 1 aromatic rings. The second kappa shape index (κ2) is 7.89. The van der Waals surface area contributed by atoms with E-state index in [4.69, 9.17) is 4.74 Å². The van der Waals surface area contributed by atoms with Gasteiger partial charge in [0.05, 0.1) is 38.7 Å². The summed E-state index contributed by atoms with van der Waals surface area (Å²) in [6, 6.07) is 6.55. The normalized spacial score (nSPS) is 23.1. The minimum absolute atomic E-state index is 0.0130. The van der Waals surface area contributed by atoms with Gasteiger partial charge in [0.25, 0.3) is 0 Å². The van der Waals surface area contributed by atoms with E-state index in [9.17, 15) is 9.59 Å². The van der Waals surface area contributed by atoms with E-state index in [1.54, 1.807) is 6.92 Å². The molecule has 1 N–H and O–H groups in total. The van der Waals surface area contributed by atoms with Gasteiger partial charge in [-0.1, -0.05) is 0 Å². The molecule has 6 nitrogen and oxygen atoms in total. The molecule has 3 aliphatic rings. The number of carbonyl (C=O) groups excluding carboxylic acids is 2. The van der Waals surface area contributed by atoms with Gasteiger partial charge in [-0.2, -0.15) is 0 Å². The SMILES string of the molecule is CC(=O)N1CCC[C@H](C(=O)N2CC[NH+](Cc3ccc4c(c3)CCO4)CC2)C1. The Kier molecular flexibility index (Phi) is 5.34. The van der Waals surface area contributed by atoms with Crippen molar-refractivity contribution in [3.63, 3.8) is 0 Å². The average Bonchev–Trinajstić information content (AvgIpc) is 3.16. The molecule has 0 unspecified atom stereocenters. The van der Waals surface area contributed by atoms with Gasteiger partial charge in [0.2, 0.25) is 11.8 Å². The smallest absolute Gasteiger partial charge is 0.227 e. The van der Waals surface area contributed by atoms with Gasteiger partial charge in [-0.05, 0) is 36.6 Å². The number of likely N-dealkylation sites (tertiary alicyclic amines) is 1. The van der Waals surface area contributed by atoms with Crippen LogP contribution in [0, 0.1) is 5.92 Å². The molecule has 27 heavy (non-hydrogen) atoms. The van der Waals surface area contributed by atoms with Crippen LogP contribution >= 0.6 is 0 Å². The molecule has 0 radical (unpaired) electrons. The number of quaternary nitrogens is 1. The fourth-order valence-corrected chi connectivity index (χ4v) is 4.58. The lowest BCUT2D eigenvalue weighted by molar-refractivity contribution is -0.917. The number of piperidine rings is 1. The first-order valence-corrected chi connectivity index (χ1v) is 10.2. The monoisotopic (exact) mass is 372 g/mol. The van der Waals surface area contributed by atoms with Crippen molar-refractivity contribution in [1.82, 2.24) is 9.80 Å². The lowest BCUT2D eigenvalue weighted by Crippen LogP contribution is -3.13. The molecule has 1 atom stereocenters. The van der Waals surface area contributed by atoms with Crippen molar-refractivity contribution in [2.45, 2.75) is 32.7 Å². The summed E-state index contributed by atoms with van der Waals surface area (Å²) in [5.41, 5.74) is 2.69. The first-order chi connectivity index (χ1) is 13.1. The van der Waals surface area contributed by atoms with Gasteiger partial charge in [-0.15, -0.1) is 0 Å². The van der Waals surface area contributed by atoms with E-state index in [1.807, 2.05) is 9.80 Å². The Bertz CT molecular complexity index is 713. The molecule has 0 aliphatic carbocycles. The van der Waals surface area contributed by atoms with E-state index in [-0.39, 0.29) is 17.7 Å². The minimum Gasteiger partial charge on any atom is -0.493 e. The Hall–Kier alpha value is -2.08. The Morgan fingerprint density at radius 2 is 2.00 bits per heavy atom. The first-order valence-electron chi connectivity index (χ1n) is 10.2. The van der Waals surface area contributed by atoms with Crippen LogP contribution < -0.4 is 9.64 Å². The molecule has 3 heterocycles. The molecule has 0 aromatic heterocycles. The van der Waals surface area contributed by atoms with E-state index >= 15 is 0 Å². The number of hydrogen-bond acceptors (Lipinski definition) is 3. The van der Waals surface area contributed by atoms with Crippen molar-refractivity contribution in [3.8, 4) is 5.75 Å². The predicted octanol–water partition coefficient (Wildman–Crippen LogP) is 0.107. The van der Waals surface area contributed by atoms with Crippen molar-refractivity contribution >= 4 is 11.8 Å². The molecule has 6 heteroatoms. The number of rotatable bonds is 3. The molecule has 2 fully saturated rings. The van der Waals surface area contributed by atoms with E-state index in [1.165, 1.54) is 16.0 Å². The summed E-state index contributed by atoms with van der Waals surface area (Å²) < 4.78 is 5.59. The summed E-state index contributed by atoms with van der Waals surface area (Å²) in [6.07, 6.45) is 2.86. The summed E-state index contributed by atoms with van der Waals surface area (Å²) in [7, 11) is 0. The summed E-state index contributed by atoms with van der Waals surface area (Å²) in [5.74, 6) is 1.35. The van der Waals surface area contributed by atoms with E-state index in [2.05, 4.69) is 18.2 Å².